The topological polar surface area (TPSA) is 17.8 Å². The molecule has 0 radical (unpaired) electrons. The van der Waals surface area contributed by atoms with E-state index in [2.05, 4.69) is 73.4 Å². The van der Waals surface area contributed by atoms with Crippen LogP contribution in [0, 0.1) is 0 Å². The number of benzene rings is 3. The lowest BCUT2D eigenvalue weighted by atomic mass is 10.1. The molecule has 1 aromatic heterocycles. The molecule has 1 heterocycles. The van der Waals surface area contributed by atoms with Crippen LogP contribution in [0.15, 0.2) is 78.9 Å². The lowest BCUT2D eigenvalue weighted by Crippen LogP contribution is -2.08. The molecule has 3 heteroatoms. The molecule has 0 N–H and O–H groups in total. The van der Waals surface area contributed by atoms with Gasteiger partial charge in [-0.3, -0.25) is 4.57 Å². The minimum Gasteiger partial charge on any atom is -0.293 e. The van der Waals surface area contributed by atoms with Crippen LogP contribution < -0.4 is 5.57 Å². The fraction of sp³-hybridized carbons (Fsp3) is 0. The molecule has 4 aromatic rings. The van der Waals surface area contributed by atoms with Gasteiger partial charge >= 0.3 is 0 Å². The van der Waals surface area contributed by atoms with E-state index in [-0.39, 0.29) is 0 Å². The fourth-order valence-electron chi connectivity index (χ4n) is 2.75. The Morgan fingerprint density at radius 3 is 2.09 bits per heavy atom. The molecule has 4 rings (SSSR count). The van der Waals surface area contributed by atoms with E-state index in [1.165, 1.54) is 11.1 Å². The Hall–Kier alpha value is -2.44. The van der Waals surface area contributed by atoms with E-state index in [0.717, 1.165) is 22.3 Å². The van der Waals surface area contributed by atoms with E-state index in [4.69, 9.17) is 0 Å². The van der Waals surface area contributed by atoms with Crippen LogP contribution in [-0.4, -0.2) is 9.55 Å². The van der Waals surface area contributed by atoms with Gasteiger partial charge in [-0.05, 0) is 35.4 Å². The van der Waals surface area contributed by atoms with Crippen LogP contribution in [0.4, 0.5) is 0 Å². The Morgan fingerprint density at radius 1 is 0.682 bits per heavy atom. The van der Waals surface area contributed by atoms with Crippen molar-refractivity contribution in [2.24, 2.45) is 0 Å². The van der Waals surface area contributed by atoms with Crippen LogP contribution in [0.2, 0.25) is 0 Å². The molecule has 1 atom stereocenters. The van der Waals surface area contributed by atoms with Crippen molar-refractivity contribution in [3.8, 4) is 16.8 Å². The third kappa shape index (κ3) is 2.22. The Bertz CT molecular complexity index is 925. The van der Waals surface area contributed by atoms with E-state index < -0.39 is 0 Å². The van der Waals surface area contributed by atoms with Crippen molar-refractivity contribution in [1.29, 1.82) is 0 Å². The van der Waals surface area contributed by atoms with Gasteiger partial charge < -0.3 is 0 Å². The predicted octanol–water partition coefficient (Wildman–Crippen LogP) is 4.19. The summed E-state index contributed by atoms with van der Waals surface area (Å²) in [5.74, 6) is 0. The maximum Gasteiger partial charge on any atom is 0.130 e. The summed E-state index contributed by atoms with van der Waals surface area (Å²) in [6, 6.07) is 27.2. The summed E-state index contributed by atoms with van der Waals surface area (Å²) < 4.78 is 2.16. The standard InChI is InChI=1S/C19H15N2P/c22-19-20-17-8-4-5-9-18(17)21(19)16-12-10-15(11-13-16)14-6-2-1-3-7-14/h1-13H,22H2. The normalized spacial score (nSPS) is 11.0. The number of aromatic nitrogens is 2. The number of nitrogens with zero attached hydrogens (tertiary/aromatic N) is 2. The molecule has 2 nitrogen and oxygen atoms in total. The first kappa shape index (κ1) is 13.2. The Morgan fingerprint density at radius 2 is 1.32 bits per heavy atom. The highest BCUT2D eigenvalue weighted by Crippen LogP contribution is 2.23. The van der Waals surface area contributed by atoms with Crippen LogP contribution >= 0.6 is 9.24 Å². The van der Waals surface area contributed by atoms with Crippen molar-refractivity contribution in [3.63, 3.8) is 0 Å². The van der Waals surface area contributed by atoms with Crippen LogP contribution in [-0.2, 0) is 0 Å². The van der Waals surface area contributed by atoms with Crippen molar-refractivity contribution in [2.75, 3.05) is 0 Å². The van der Waals surface area contributed by atoms with Crippen molar-refractivity contribution in [2.45, 2.75) is 0 Å². The van der Waals surface area contributed by atoms with Gasteiger partial charge in [0.15, 0.2) is 0 Å². The number of hydrogen-bond donors (Lipinski definition) is 0. The largest absolute Gasteiger partial charge is 0.293 e. The second-order valence-corrected chi connectivity index (χ2v) is 5.72. The van der Waals surface area contributed by atoms with Gasteiger partial charge in [-0.15, -0.1) is 0 Å². The molecule has 106 valence electrons. The molecule has 0 bridgehead atoms. The van der Waals surface area contributed by atoms with Crippen molar-refractivity contribution in [3.05, 3.63) is 78.9 Å². The van der Waals surface area contributed by atoms with Gasteiger partial charge in [-0.25, -0.2) is 4.98 Å². The van der Waals surface area contributed by atoms with E-state index in [1.807, 2.05) is 24.3 Å². The molecule has 0 saturated heterocycles. The van der Waals surface area contributed by atoms with Gasteiger partial charge in [0, 0.05) is 5.69 Å². The highest BCUT2D eigenvalue weighted by molar-refractivity contribution is 7.26. The van der Waals surface area contributed by atoms with Crippen LogP contribution in [0.1, 0.15) is 0 Å². The zero-order valence-electron chi connectivity index (χ0n) is 12.0. The third-order valence-corrected chi connectivity index (χ3v) is 4.21. The molecule has 0 fully saturated rings. The summed E-state index contributed by atoms with van der Waals surface area (Å²) >= 11 is 0. The zero-order valence-corrected chi connectivity index (χ0v) is 13.1. The summed E-state index contributed by atoms with van der Waals surface area (Å²) in [5.41, 5.74) is 6.64. The van der Waals surface area contributed by atoms with Gasteiger partial charge in [-0.2, -0.15) is 0 Å². The molecular weight excluding hydrogens is 287 g/mol. The summed E-state index contributed by atoms with van der Waals surface area (Å²) in [5, 5.41) is 0. The number of rotatable bonds is 2. The lowest BCUT2D eigenvalue weighted by molar-refractivity contribution is 1.15. The molecule has 0 amide bonds. The minimum atomic E-state index is 0.925. The molecule has 0 spiro atoms. The van der Waals surface area contributed by atoms with E-state index in [0.29, 0.717) is 0 Å². The smallest absolute Gasteiger partial charge is 0.130 e. The minimum absolute atomic E-state index is 0.925. The second-order valence-electron chi connectivity index (χ2n) is 5.21. The lowest BCUT2D eigenvalue weighted by Gasteiger charge is -2.08. The first-order valence-corrected chi connectivity index (χ1v) is 7.79. The highest BCUT2D eigenvalue weighted by Gasteiger charge is 2.08. The van der Waals surface area contributed by atoms with Crippen molar-refractivity contribution < 1.29 is 0 Å². The summed E-state index contributed by atoms with van der Waals surface area (Å²) in [7, 11) is 2.72. The van der Waals surface area contributed by atoms with Crippen LogP contribution in [0.3, 0.4) is 0 Å². The first-order valence-electron chi connectivity index (χ1n) is 7.22. The van der Waals surface area contributed by atoms with Gasteiger partial charge in [0.1, 0.15) is 5.57 Å². The van der Waals surface area contributed by atoms with Crippen LogP contribution in [0.5, 0.6) is 0 Å². The SMILES string of the molecule is Pc1nc2ccccc2n1-c1ccc(-c2ccccc2)cc1. The molecule has 1 unspecified atom stereocenters. The predicted molar refractivity (Wildman–Crippen MR) is 95.8 cm³/mol. The molecule has 3 aromatic carbocycles. The number of hydrogen-bond acceptors (Lipinski definition) is 1. The molecule has 0 aliphatic rings. The fourth-order valence-corrected chi connectivity index (χ4v) is 3.18. The van der Waals surface area contributed by atoms with Crippen molar-refractivity contribution >= 4 is 25.8 Å². The number of para-hydroxylation sites is 2. The zero-order chi connectivity index (χ0) is 14.9. The maximum absolute atomic E-state index is 4.60. The summed E-state index contributed by atoms with van der Waals surface area (Å²) in [6.45, 7) is 0. The molecule has 0 aliphatic heterocycles. The van der Waals surface area contributed by atoms with Gasteiger partial charge in [0.25, 0.3) is 0 Å². The quantitative estimate of drug-likeness (QED) is 0.508. The first-order chi connectivity index (χ1) is 10.8. The Kier molecular flexibility index (Phi) is 3.25. The number of imidazole rings is 1. The monoisotopic (exact) mass is 302 g/mol. The van der Waals surface area contributed by atoms with Gasteiger partial charge in [0.05, 0.1) is 11.0 Å². The van der Waals surface area contributed by atoms with Gasteiger partial charge in [0.2, 0.25) is 0 Å². The van der Waals surface area contributed by atoms with E-state index in [1.54, 1.807) is 0 Å². The Balaban J connectivity index is 1.81. The average Bonchev–Trinajstić information content (AvgIpc) is 2.91. The molecule has 0 aliphatic carbocycles. The summed E-state index contributed by atoms with van der Waals surface area (Å²) in [6.07, 6.45) is 0. The Labute approximate surface area is 131 Å². The average molecular weight is 302 g/mol. The summed E-state index contributed by atoms with van der Waals surface area (Å²) in [4.78, 5) is 4.60. The van der Waals surface area contributed by atoms with Gasteiger partial charge in [-0.1, -0.05) is 63.8 Å². The van der Waals surface area contributed by atoms with Crippen LogP contribution in [0.25, 0.3) is 27.8 Å². The second kappa shape index (κ2) is 5.40. The molecule has 22 heavy (non-hydrogen) atoms. The third-order valence-electron chi connectivity index (χ3n) is 3.82. The van der Waals surface area contributed by atoms with E-state index in [9.17, 15) is 0 Å². The van der Waals surface area contributed by atoms with Crippen molar-refractivity contribution in [1.82, 2.24) is 9.55 Å². The maximum atomic E-state index is 4.60. The highest BCUT2D eigenvalue weighted by atomic mass is 31.0. The molecule has 0 saturated carbocycles. The molecular formula is C19H15N2P. The van der Waals surface area contributed by atoms with E-state index >= 15 is 0 Å². The number of fused-ring (bicyclic) bond motifs is 1.